The summed E-state index contributed by atoms with van der Waals surface area (Å²) in [7, 11) is 0. The van der Waals surface area contributed by atoms with Crippen LogP contribution in [0.15, 0.2) is 134 Å². The molecule has 0 saturated carbocycles. The Hall–Kier alpha value is -5.09. The van der Waals surface area contributed by atoms with Gasteiger partial charge in [0.25, 0.3) is 6.71 Å². The summed E-state index contributed by atoms with van der Waals surface area (Å²) in [6.07, 6.45) is 1.83. The quantitative estimate of drug-likeness (QED) is 0.250. The highest BCUT2D eigenvalue weighted by molar-refractivity contribution is 6.98. The molecule has 0 amide bonds. The number of hydrogen-bond donors (Lipinski definition) is 0. The molecule has 1 aromatic heterocycles. The van der Waals surface area contributed by atoms with Gasteiger partial charge in [-0.1, -0.05) is 84.9 Å². The Morgan fingerprint density at radius 1 is 0.436 bits per heavy atom. The van der Waals surface area contributed by atoms with E-state index in [1.54, 1.807) is 0 Å². The second-order valence-corrected chi connectivity index (χ2v) is 9.97. The molecule has 5 aromatic carbocycles. The number of pyridine rings is 1. The number of ether oxygens (including phenoxy) is 2. The Morgan fingerprint density at radius 2 is 1.03 bits per heavy atom. The molecule has 0 aliphatic carbocycles. The molecule has 6 aromatic rings. The van der Waals surface area contributed by atoms with Gasteiger partial charge in [-0.05, 0) is 75.6 Å². The summed E-state index contributed by atoms with van der Waals surface area (Å²) in [6, 6.07) is 44.2. The first-order valence-electron chi connectivity index (χ1n) is 13.2. The molecule has 0 fully saturated rings. The summed E-state index contributed by atoms with van der Waals surface area (Å²) >= 11 is 0. The minimum Gasteiger partial charge on any atom is -0.458 e. The average Bonchev–Trinajstić information content (AvgIpc) is 3.01. The monoisotopic (exact) mass is 499 g/mol. The molecule has 0 radical (unpaired) electrons. The fourth-order valence-corrected chi connectivity index (χ4v) is 5.82. The first-order valence-corrected chi connectivity index (χ1v) is 13.2. The van der Waals surface area contributed by atoms with E-state index in [-0.39, 0.29) is 6.71 Å². The molecule has 0 atom stereocenters. The van der Waals surface area contributed by atoms with Gasteiger partial charge in [0.1, 0.15) is 23.0 Å². The highest BCUT2D eigenvalue weighted by Gasteiger charge is 2.40. The molecule has 39 heavy (non-hydrogen) atoms. The van der Waals surface area contributed by atoms with Crippen molar-refractivity contribution < 1.29 is 9.47 Å². The van der Waals surface area contributed by atoms with Crippen LogP contribution in [0, 0.1) is 0 Å². The van der Waals surface area contributed by atoms with Gasteiger partial charge in [-0.2, -0.15) is 0 Å². The van der Waals surface area contributed by atoms with Gasteiger partial charge in [0.2, 0.25) is 0 Å². The molecule has 3 heterocycles. The Kier molecular flexibility index (Phi) is 4.92. The Balaban J connectivity index is 1.29. The molecule has 0 N–H and O–H groups in total. The lowest BCUT2D eigenvalue weighted by molar-refractivity contribution is 0.464. The largest absolute Gasteiger partial charge is 0.458 e. The van der Waals surface area contributed by atoms with E-state index < -0.39 is 0 Å². The third kappa shape index (κ3) is 3.64. The SMILES string of the molecule is c1ccc(-c2ccc3c(c2)B2c4cc(-c5cccc(-c6ccccn6)c5)ccc4Oc4cccc(c42)O3)cc1. The number of fused-ring (bicyclic) bond motifs is 4. The molecule has 0 spiro atoms. The van der Waals surface area contributed by atoms with Crippen molar-refractivity contribution in [3.05, 3.63) is 134 Å². The maximum atomic E-state index is 6.45. The van der Waals surface area contributed by atoms with Gasteiger partial charge in [0, 0.05) is 17.2 Å². The first kappa shape index (κ1) is 21.9. The van der Waals surface area contributed by atoms with E-state index in [4.69, 9.17) is 9.47 Å². The van der Waals surface area contributed by atoms with Crippen LogP contribution >= 0.6 is 0 Å². The molecule has 4 heteroatoms. The van der Waals surface area contributed by atoms with Crippen molar-refractivity contribution in [1.82, 2.24) is 4.98 Å². The maximum Gasteiger partial charge on any atom is 0.260 e. The zero-order valence-corrected chi connectivity index (χ0v) is 21.0. The van der Waals surface area contributed by atoms with Crippen molar-refractivity contribution in [3.8, 4) is 56.5 Å². The molecule has 0 saturated heterocycles. The summed E-state index contributed by atoms with van der Waals surface area (Å²) < 4.78 is 12.9. The second-order valence-electron chi connectivity index (χ2n) is 9.97. The smallest absolute Gasteiger partial charge is 0.260 e. The van der Waals surface area contributed by atoms with Crippen LogP contribution < -0.4 is 25.9 Å². The van der Waals surface area contributed by atoms with Gasteiger partial charge >= 0.3 is 0 Å². The standard InChI is InChI=1S/C35H22BNO2/c1-2-8-23(9-3-1)25-15-17-31-28(21-25)36-29-22-26(24-10-6-11-27(20-24)30-12-4-5-19-37-30)16-18-32(29)39-34-14-7-13-33(38-31)35(34)36/h1-22H. The topological polar surface area (TPSA) is 31.4 Å². The van der Waals surface area contributed by atoms with Crippen molar-refractivity contribution >= 4 is 23.1 Å². The predicted octanol–water partition coefficient (Wildman–Crippen LogP) is 6.81. The molecule has 2 aliphatic heterocycles. The van der Waals surface area contributed by atoms with Crippen LogP contribution in [-0.2, 0) is 0 Å². The molecule has 0 bridgehead atoms. The summed E-state index contributed by atoms with van der Waals surface area (Å²) in [4.78, 5) is 4.55. The minimum absolute atomic E-state index is 0.00582. The van der Waals surface area contributed by atoms with E-state index in [1.807, 2.05) is 48.7 Å². The van der Waals surface area contributed by atoms with Gasteiger partial charge in [0.05, 0.1) is 5.69 Å². The third-order valence-electron chi connectivity index (χ3n) is 7.66. The third-order valence-corrected chi connectivity index (χ3v) is 7.66. The molecule has 0 unspecified atom stereocenters. The molecule has 8 rings (SSSR count). The predicted molar refractivity (Wildman–Crippen MR) is 158 cm³/mol. The highest BCUT2D eigenvalue weighted by Crippen LogP contribution is 2.36. The Morgan fingerprint density at radius 3 is 1.72 bits per heavy atom. The Labute approximate surface area is 227 Å². The number of aromatic nitrogens is 1. The van der Waals surface area contributed by atoms with Crippen LogP contribution in [0.4, 0.5) is 0 Å². The zero-order chi connectivity index (χ0) is 25.8. The summed E-state index contributed by atoms with van der Waals surface area (Å²) in [5.41, 5.74) is 10.1. The van der Waals surface area contributed by atoms with Crippen LogP contribution in [-0.4, -0.2) is 11.7 Å². The van der Waals surface area contributed by atoms with E-state index in [9.17, 15) is 0 Å². The van der Waals surface area contributed by atoms with Crippen LogP contribution in [0.2, 0.25) is 0 Å². The van der Waals surface area contributed by atoms with Gasteiger partial charge in [-0.25, -0.2) is 0 Å². The summed E-state index contributed by atoms with van der Waals surface area (Å²) in [6.45, 7) is 0.00582. The van der Waals surface area contributed by atoms with E-state index in [0.29, 0.717) is 0 Å². The van der Waals surface area contributed by atoms with Crippen molar-refractivity contribution in [2.75, 3.05) is 0 Å². The molecule has 182 valence electrons. The van der Waals surface area contributed by atoms with E-state index >= 15 is 0 Å². The van der Waals surface area contributed by atoms with Gasteiger partial charge in [0.15, 0.2) is 0 Å². The maximum absolute atomic E-state index is 6.45. The van der Waals surface area contributed by atoms with Crippen LogP contribution in [0.25, 0.3) is 33.5 Å². The first-order chi connectivity index (χ1) is 19.3. The lowest BCUT2D eigenvalue weighted by atomic mass is 9.34. The fourth-order valence-electron chi connectivity index (χ4n) is 5.82. The van der Waals surface area contributed by atoms with Crippen molar-refractivity contribution in [2.45, 2.75) is 0 Å². The molecular weight excluding hydrogens is 477 g/mol. The van der Waals surface area contributed by atoms with E-state index in [2.05, 4.69) is 89.9 Å². The molecular formula is C35H22BNO2. The number of benzene rings is 5. The zero-order valence-electron chi connectivity index (χ0n) is 21.0. The molecule has 2 aliphatic rings. The van der Waals surface area contributed by atoms with Crippen molar-refractivity contribution in [3.63, 3.8) is 0 Å². The van der Waals surface area contributed by atoms with E-state index in [0.717, 1.165) is 61.8 Å². The summed E-state index contributed by atoms with van der Waals surface area (Å²) in [5.74, 6) is 3.48. The lowest BCUT2D eigenvalue weighted by Crippen LogP contribution is -2.57. The van der Waals surface area contributed by atoms with Crippen LogP contribution in [0.5, 0.6) is 23.0 Å². The normalized spacial score (nSPS) is 12.5. The number of nitrogens with zero attached hydrogens (tertiary/aromatic N) is 1. The summed E-state index contributed by atoms with van der Waals surface area (Å²) in [5, 5.41) is 0. The number of hydrogen-bond acceptors (Lipinski definition) is 3. The van der Waals surface area contributed by atoms with Gasteiger partial charge in [-0.3, -0.25) is 4.98 Å². The highest BCUT2D eigenvalue weighted by atomic mass is 16.5. The van der Waals surface area contributed by atoms with E-state index in [1.165, 1.54) is 11.1 Å². The van der Waals surface area contributed by atoms with Crippen molar-refractivity contribution in [1.29, 1.82) is 0 Å². The van der Waals surface area contributed by atoms with Crippen molar-refractivity contribution in [2.24, 2.45) is 0 Å². The average molecular weight is 499 g/mol. The minimum atomic E-state index is 0.00582. The number of rotatable bonds is 3. The van der Waals surface area contributed by atoms with Gasteiger partial charge in [-0.15, -0.1) is 0 Å². The molecule has 3 nitrogen and oxygen atoms in total. The van der Waals surface area contributed by atoms with Crippen LogP contribution in [0.3, 0.4) is 0 Å². The fraction of sp³-hybridized carbons (Fsp3) is 0. The Bertz CT molecular complexity index is 1850. The van der Waals surface area contributed by atoms with Crippen LogP contribution in [0.1, 0.15) is 0 Å². The van der Waals surface area contributed by atoms with Gasteiger partial charge < -0.3 is 9.47 Å². The lowest BCUT2D eigenvalue weighted by Gasteiger charge is -2.33. The second kappa shape index (κ2) is 8.75.